The first-order valence-electron chi connectivity index (χ1n) is 6.65. The maximum Gasteiger partial charge on any atom is 0.238 e. The molecule has 1 saturated heterocycles. The average molecular weight is 293 g/mol. The number of anilines is 1. The lowest BCUT2D eigenvalue weighted by atomic mass is 10.1. The Morgan fingerprint density at radius 3 is 2.70 bits per heavy atom. The highest BCUT2D eigenvalue weighted by Crippen LogP contribution is 2.15. The van der Waals surface area contributed by atoms with Crippen molar-refractivity contribution >= 4 is 28.8 Å². The van der Waals surface area contributed by atoms with Gasteiger partial charge >= 0.3 is 0 Å². The molecule has 1 aromatic rings. The number of piperidine rings is 1. The van der Waals surface area contributed by atoms with E-state index in [0.717, 1.165) is 25.9 Å². The number of aliphatic hydroxyl groups is 1. The molecule has 1 heterocycles. The molecule has 0 aliphatic carbocycles. The summed E-state index contributed by atoms with van der Waals surface area (Å²) in [5.41, 5.74) is 6.94. The van der Waals surface area contributed by atoms with E-state index >= 15 is 0 Å². The second-order valence-corrected chi connectivity index (χ2v) is 5.41. The Morgan fingerprint density at radius 2 is 2.05 bits per heavy atom. The van der Waals surface area contributed by atoms with Gasteiger partial charge in [-0.05, 0) is 25.0 Å². The van der Waals surface area contributed by atoms with Crippen LogP contribution in [0.3, 0.4) is 0 Å². The minimum absolute atomic E-state index is 0.0925. The summed E-state index contributed by atoms with van der Waals surface area (Å²) in [5.74, 6) is -0.0925. The topological polar surface area (TPSA) is 78.6 Å². The van der Waals surface area contributed by atoms with E-state index in [2.05, 4.69) is 5.32 Å². The fraction of sp³-hybridized carbons (Fsp3) is 0.429. The minimum Gasteiger partial charge on any atom is -0.393 e. The quantitative estimate of drug-likeness (QED) is 0.713. The van der Waals surface area contributed by atoms with Crippen LogP contribution in [0.1, 0.15) is 18.4 Å². The van der Waals surface area contributed by atoms with Crippen molar-refractivity contribution in [2.24, 2.45) is 5.73 Å². The summed E-state index contributed by atoms with van der Waals surface area (Å²) in [7, 11) is 0. The predicted octanol–water partition coefficient (Wildman–Crippen LogP) is 0.716. The molecule has 20 heavy (non-hydrogen) atoms. The van der Waals surface area contributed by atoms with Crippen molar-refractivity contribution in [3.63, 3.8) is 0 Å². The number of hydrogen-bond donors (Lipinski definition) is 3. The third-order valence-corrected chi connectivity index (χ3v) is 3.61. The van der Waals surface area contributed by atoms with Gasteiger partial charge in [0.1, 0.15) is 4.99 Å². The van der Waals surface area contributed by atoms with Crippen molar-refractivity contribution in [2.45, 2.75) is 18.9 Å². The van der Waals surface area contributed by atoms with Crippen molar-refractivity contribution in [3.05, 3.63) is 29.8 Å². The van der Waals surface area contributed by atoms with Gasteiger partial charge in [-0.25, -0.2) is 0 Å². The molecule has 4 N–H and O–H groups in total. The van der Waals surface area contributed by atoms with Crippen LogP contribution in [-0.2, 0) is 4.79 Å². The van der Waals surface area contributed by atoms with Gasteiger partial charge in [-0.15, -0.1) is 0 Å². The second-order valence-electron chi connectivity index (χ2n) is 4.97. The molecule has 0 bridgehead atoms. The molecule has 2 rings (SSSR count). The fourth-order valence-corrected chi connectivity index (χ4v) is 2.46. The summed E-state index contributed by atoms with van der Waals surface area (Å²) in [4.78, 5) is 14.3. The number of aliphatic hydroxyl groups excluding tert-OH is 1. The summed E-state index contributed by atoms with van der Waals surface area (Å²) < 4.78 is 0. The molecule has 0 radical (unpaired) electrons. The lowest BCUT2D eigenvalue weighted by Crippen LogP contribution is -2.40. The maximum atomic E-state index is 12.0. The molecular weight excluding hydrogens is 274 g/mol. The van der Waals surface area contributed by atoms with Crippen LogP contribution in [0.4, 0.5) is 5.69 Å². The number of nitrogens with one attached hydrogen (secondary N) is 1. The van der Waals surface area contributed by atoms with Gasteiger partial charge in [0.15, 0.2) is 0 Å². The van der Waals surface area contributed by atoms with Crippen LogP contribution in [-0.4, -0.2) is 46.6 Å². The normalized spacial score (nSPS) is 16.9. The van der Waals surface area contributed by atoms with Gasteiger partial charge < -0.3 is 16.2 Å². The van der Waals surface area contributed by atoms with Crippen LogP contribution in [0, 0.1) is 0 Å². The van der Waals surface area contributed by atoms with Gasteiger partial charge in [-0.3, -0.25) is 9.69 Å². The molecule has 1 aliphatic heterocycles. The highest BCUT2D eigenvalue weighted by atomic mass is 32.1. The van der Waals surface area contributed by atoms with Crippen LogP contribution in [0.15, 0.2) is 24.3 Å². The number of carbonyl (C=O) groups is 1. The van der Waals surface area contributed by atoms with E-state index in [0.29, 0.717) is 17.8 Å². The molecule has 0 unspecified atom stereocenters. The molecule has 0 aromatic heterocycles. The summed E-state index contributed by atoms with van der Waals surface area (Å²) in [6.07, 6.45) is 1.21. The second kappa shape index (κ2) is 6.78. The van der Waals surface area contributed by atoms with E-state index in [1.54, 1.807) is 12.1 Å². The number of rotatable bonds is 4. The number of amides is 1. The average Bonchev–Trinajstić information content (AvgIpc) is 2.41. The highest BCUT2D eigenvalue weighted by Gasteiger charge is 2.19. The van der Waals surface area contributed by atoms with E-state index in [4.69, 9.17) is 18.0 Å². The van der Waals surface area contributed by atoms with Crippen molar-refractivity contribution in [1.82, 2.24) is 4.90 Å². The van der Waals surface area contributed by atoms with Crippen LogP contribution in [0.2, 0.25) is 0 Å². The van der Waals surface area contributed by atoms with Crippen LogP contribution < -0.4 is 11.1 Å². The van der Waals surface area contributed by atoms with Crippen LogP contribution in [0.5, 0.6) is 0 Å². The Bertz CT molecular complexity index is 499. The molecular formula is C14H19N3O2S. The van der Waals surface area contributed by atoms with Gasteiger partial charge in [-0.1, -0.05) is 24.4 Å². The summed E-state index contributed by atoms with van der Waals surface area (Å²) >= 11 is 4.97. The number of nitrogens with two attached hydrogens (primary N) is 1. The zero-order valence-corrected chi connectivity index (χ0v) is 12.0. The van der Waals surface area contributed by atoms with Gasteiger partial charge in [0.25, 0.3) is 0 Å². The number of thiocarbonyl (C=S) groups is 1. The monoisotopic (exact) mass is 293 g/mol. The molecule has 0 spiro atoms. The molecule has 108 valence electrons. The summed E-state index contributed by atoms with van der Waals surface area (Å²) in [6.45, 7) is 1.80. The summed E-state index contributed by atoms with van der Waals surface area (Å²) in [6, 6.07) is 7.23. The van der Waals surface area contributed by atoms with Gasteiger partial charge in [0, 0.05) is 18.7 Å². The van der Waals surface area contributed by atoms with Crippen molar-refractivity contribution in [2.75, 3.05) is 25.0 Å². The van der Waals surface area contributed by atoms with E-state index in [1.165, 1.54) is 0 Å². The molecule has 1 amide bonds. The van der Waals surface area contributed by atoms with Crippen molar-refractivity contribution < 1.29 is 9.90 Å². The van der Waals surface area contributed by atoms with E-state index in [-0.39, 0.29) is 17.0 Å². The molecule has 1 fully saturated rings. The van der Waals surface area contributed by atoms with Crippen molar-refractivity contribution in [1.29, 1.82) is 0 Å². The number of benzene rings is 1. The smallest absolute Gasteiger partial charge is 0.238 e. The fourth-order valence-electron chi connectivity index (χ4n) is 2.28. The number of hydrogen-bond acceptors (Lipinski definition) is 4. The lowest BCUT2D eigenvalue weighted by molar-refractivity contribution is -0.117. The largest absolute Gasteiger partial charge is 0.393 e. The zero-order chi connectivity index (χ0) is 14.5. The first-order chi connectivity index (χ1) is 9.56. The lowest BCUT2D eigenvalue weighted by Gasteiger charge is -2.28. The Labute approximate surface area is 123 Å². The first-order valence-corrected chi connectivity index (χ1v) is 7.06. The zero-order valence-electron chi connectivity index (χ0n) is 11.2. The third kappa shape index (κ3) is 4.00. The predicted molar refractivity (Wildman–Crippen MR) is 82.6 cm³/mol. The number of para-hydroxylation sites is 1. The van der Waals surface area contributed by atoms with Crippen molar-refractivity contribution in [3.8, 4) is 0 Å². The number of nitrogens with zero attached hydrogens (tertiary/aromatic N) is 1. The SMILES string of the molecule is NC(=S)c1ccccc1NC(=O)CN1CCC(O)CC1. The van der Waals surface area contributed by atoms with E-state index in [9.17, 15) is 9.90 Å². The number of likely N-dealkylation sites (tertiary alicyclic amines) is 1. The summed E-state index contributed by atoms with van der Waals surface area (Å²) in [5, 5.41) is 12.3. The van der Waals surface area contributed by atoms with Crippen LogP contribution >= 0.6 is 12.2 Å². The number of carbonyl (C=O) groups excluding carboxylic acids is 1. The molecule has 5 nitrogen and oxygen atoms in total. The highest BCUT2D eigenvalue weighted by molar-refractivity contribution is 7.80. The van der Waals surface area contributed by atoms with Gasteiger partial charge in [0.05, 0.1) is 18.3 Å². The molecule has 6 heteroatoms. The Hall–Kier alpha value is -1.50. The van der Waals surface area contributed by atoms with E-state index < -0.39 is 0 Å². The first kappa shape index (κ1) is 14.9. The Morgan fingerprint density at radius 1 is 1.40 bits per heavy atom. The van der Waals surface area contributed by atoms with Crippen LogP contribution in [0.25, 0.3) is 0 Å². The van der Waals surface area contributed by atoms with E-state index in [1.807, 2.05) is 17.0 Å². The molecule has 1 aromatic carbocycles. The Balaban J connectivity index is 1.93. The van der Waals surface area contributed by atoms with Gasteiger partial charge in [0.2, 0.25) is 5.91 Å². The standard InChI is InChI=1S/C14H19N3O2S/c15-14(20)11-3-1-2-4-12(11)16-13(19)9-17-7-5-10(18)6-8-17/h1-4,10,18H,5-9H2,(H2,15,20)(H,16,19). The molecule has 0 saturated carbocycles. The maximum absolute atomic E-state index is 12.0. The Kier molecular flexibility index (Phi) is 5.05. The van der Waals surface area contributed by atoms with Gasteiger partial charge in [-0.2, -0.15) is 0 Å². The molecule has 0 atom stereocenters. The third-order valence-electron chi connectivity index (χ3n) is 3.39. The minimum atomic E-state index is -0.232. The molecule has 1 aliphatic rings.